The molecular formula is C13H19BrN2OS. The van der Waals surface area contributed by atoms with E-state index in [0.29, 0.717) is 0 Å². The Kier molecular flexibility index (Phi) is 5.21. The Labute approximate surface area is 121 Å². The molecule has 0 radical (unpaired) electrons. The molecule has 1 fully saturated rings. The van der Waals surface area contributed by atoms with E-state index in [2.05, 4.69) is 33.2 Å². The molecule has 1 N–H and O–H groups in total. The summed E-state index contributed by atoms with van der Waals surface area (Å²) >= 11 is 4.85. The Morgan fingerprint density at radius 2 is 2.22 bits per heavy atom. The van der Waals surface area contributed by atoms with E-state index in [1.807, 2.05) is 12.1 Å². The molecule has 0 bridgehead atoms. The normalized spacial score (nSPS) is 17.9. The molecule has 0 atom stereocenters. The Balaban J connectivity index is 1.67. The zero-order valence-corrected chi connectivity index (χ0v) is 13.0. The summed E-state index contributed by atoms with van der Waals surface area (Å²) in [6, 6.07) is 3.77. The molecule has 0 spiro atoms. The maximum atomic E-state index is 11.8. The van der Waals surface area contributed by atoms with Crippen molar-refractivity contribution in [2.45, 2.75) is 19.3 Å². The van der Waals surface area contributed by atoms with Gasteiger partial charge in [-0.25, -0.2) is 0 Å². The second-order valence-corrected chi connectivity index (χ2v) is 7.36. The molecule has 1 aromatic rings. The minimum atomic E-state index is 0.0543. The summed E-state index contributed by atoms with van der Waals surface area (Å²) in [6.45, 7) is 3.18. The van der Waals surface area contributed by atoms with Crippen LogP contribution < -0.4 is 5.32 Å². The van der Waals surface area contributed by atoms with Crippen molar-refractivity contribution in [3.05, 3.63) is 20.8 Å². The van der Waals surface area contributed by atoms with Gasteiger partial charge < -0.3 is 10.2 Å². The van der Waals surface area contributed by atoms with Crippen LogP contribution in [-0.4, -0.2) is 37.5 Å². The van der Waals surface area contributed by atoms with Crippen LogP contribution in [0.3, 0.4) is 0 Å². The lowest BCUT2D eigenvalue weighted by atomic mass is 9.94. The van der Waals surface area contributed by atoms with Gasteiger partial charge in [0.05, 0.1) is 8.66 Å². The van der Waals surface area contributed by atoms with Crippen molar-refractivity contribution in [1.82, 2.24) is 10.2 Å². The first-order chi connectivity index (χ1) is 8.65. The van der Waals surface area contributed by atoms with E-state index < -0.39 is 0 Å². The van der Waals surface area contributed by atoms with Gasteiger partial charge in [-0.3, -0.25) is 4.79 Å². The Morgan fingerprint density at radius 1 is 1.50 bits per heavy atom. The summed E-state index contributed by atoms with van der Waals surface area (Å²) in [4.78, 5) is 15.0. The van der Waals surface area contributed by atoms with Gasteiger partial charge in [-0.1, -0.05) is 0 Å². The molecule has 0 unspecified atom stereocenters. The topological polar surface area (TPSA) is 32.3 Å². The summed E-state index contributed by atoms with van der Waals surface area (Å²) in [5.74, 6) is 0.829. The number of hydrogen-bond donors (Lipinski definition) is 1. The van der Waals surface area contributed by atoms with E-state index in [1.54, 1.807) is 0 Å². The highest BCUT2D eigenvalue weighted by molar-refractivity contribution is 9.11. The average molecular weight is 331 g/mol. The third kappa shape index (κ3) is 4.07. The number of carbonyl (C=O) groups excluding carboxylic acids is 1. The molecule has 5 heteroatoms. The van der Waals surface area contributed by atoms with Crippen molar-refractivity contribution < 1.29 is 4.79 Å². The number of thiophene rings is 1. The molecule has 100 valence electrons. The summed E-state index contributed by atoms with van der Waals surface area (Å²) in [7, 11) is 2.17. The van der Waals surface area contributed by atoms with Crippen molar-refractivity contribution >= 4 is 33.2 Å². The second-order valence-electron chi connectivity index (χ2n) is 4.89. The smallest absolute Gasteiger partial charge is 0.261 e. The maximum absolute atomic E-state index is 11.8. The van der Waals surface area contributed by atoms with Crippen LogP contribution in [0.25, 0.3) is 0 Å². The third-order valence-corrected chi connectivity index (χ3v) is 5.10. The largest absolute Gasteiger partial charge is 0.351 e. The number of nitrogens with one attached hydrogen (secondary N) is 1. The molecule has 2 rings (SSSR count). The molecule has 1 aromatic heterocycles. The van der Waals surface area contributed by atoms with Gasteiger partial charge in [0.25, 0.3) is 5.91 Å². The van der Waals surface area contributed by atoms with Crippen LogP contribution in [0.4, 0.5) is 0 Å². The van der Waals surface area contributed by atoms with Gasteiger partial charge in [0.2, 0.25) is 0 Å². The van der Waals surface area contributed by atoms with Crippen LogP contribution in [0.5, 0.6) is 0 Å². The van der Waals surface area contributed by atoms with E-state index in [4.69, 9.17) is 0 Å². The van der Waals surface area contributed by atoms with Gasteiger partial charge in [-0.05, 0) is 73.4 Å². The van der Waals surface area contributed by atoms with Crippen LogP contribution in [0.1, 0.15) is 28.9 Å². The van der Waals surface area contributed by atoms with Gasteiger partial charge in [-0.2, -0.15) is 0 Å². The Hall–Kier alpha value is -0.390. The van der Waals surface area contributed by atoms with Crippen molar-refractivity contribution in [1.29, 1.82) is 0 Å². The first-order valence-electron chi connectivity index (χ1n) is 6.37. The number of carbonyl (C=O) groups is 1. The lowest BCUT2D eigenvalue weighted by Crippen LogP contribution is -2.32. The quantitative estimate of drug-likeness (QED) is 0.920. The monoisotopic (exact) mass is 330 g/mol. The van der Waals surface area contributed by atoms with Crippen LogP contribution in [0.15, 0.2) is 15.9 Å². The van der Waals surface area contributed by atoms with Gasteiger partial charge in [0.15, 0.2) is 0 Å². The average Bonchev–Trinajstić information content (AvgIpc) is 2.78. The molecule has 18 heavy (non-hydrogen) atoms. The summed E-state index contributed by atoms with van der Waals surface area (Å²) < 4.78 is 1.00. The molecule has 1 amide bonds. The summed E-state index contributed by atoms with van der Waals surface area (Å²) in [5, 5.41) is 3.01. The van der Waals surface area contributed by atoms with Crippen molar-refractivity contribution in [3.8, 4) is 0 Å². The predicted molar refractivity (Wildman–Crippen MR) is 79.2 cm³/mol. The minimum absolute atomic E-state index is 0.0543. The number of rotatable bonds is 4. The molecule has 0 saturated carbocycles. The van der Waals surface area contributed by atoms with Crippen molar-refractivity contribution in [2.75, 3.05) is 26.7 Å². The molecule has 0 aliphatic carbocycles. The van der Waals surface area contributed by atoms with Crippen molar-refractivity contribution in [3.63, 3.8) is 0 Å². The fraction of sp³-hybridized carbons (Fsp3) is 0.615. The lowest BCUT2D eigenvalue weighted by Gasteiger charge is -2.28. The van der Waals surface area contributed by atoms with E-state index in [1.165, 1.54) is 37.3 Å². The highest BCUT2D eigenvalue weighted by atomic mass is 79.9. The van der Waals surface area contributed by atoms with Crippen LogP contribution in [-0.2, 0) is 0 Å². The Morgan fingerprint density at radius 3 is 2.83 bits per heavy atom. The van der Waals surface area contributed by atoms with E-state index in [-0.39, 0.29) is 5.91 Å². The fourth-order valence-corrected chi connectivity index (χ4v) is 3.57. The minimum Gasteiger partial charge on any atom is -0.351 e. The SMILES string of the molecule is CN1CCC(CCNC(=O)c2ccc(Br)s2)CC1. The highest BCUT2D eigenvalue weighted by Crippen LogP contribution is 2.22. The molecule has 3 nitrogen and oxygen atoms in total. The van der Waals surface area contributed by atoms with Gasteiger partial charge >= 0.3 is 0 Å². The molecule has 2 heterocycles. The standard InChI is InChI=1S/C13H19BrN2OS/c1-16-8-5-10(6-9-16)4-7-15-13(17)11-2-3-12(14)18-11/h2-3,10H,4-9H2,1H3,(H,15,17). The highest BCUT2D eigenvalue weighted by Gasteiger charge is 2.16. The lowest BCUT2D eigenvalue weighted by molar-refractivity contribution is 0.0953. The van der Waals surface area contributed by atoms with Crippen LogP contribution in [0.2, 0.25) is 0 Å². The van der Waals surface area contributed by atoms with Gasteiger partial charge in [0, 0.05) is 6.54 Å². The number of piperidine rings is 1. The van der Waals surface area contributed by atoms with E-state index >= 15 is 0 Å². The summed E-state index contributed by atoms with van der Waals surface area (Å²) in [6.07, 6.45) is 3.62. The molecule has 1 aliphatic heterocycles. The maximum Gasteiger partial charge on any atom is 0.261 e. The van der Waals surface area contributed by atoms with E-state index in [0.717, 1.165) is 27.5 Å². The molecule has 1 saturated heterocycles. The fourth-order valence-electron chi connectivity index (χ4n) is 2.26. The molecule has 1 aliphatic rings. The predicted octanol–water partition coefficient (Wildman–Crippen LogP) is 2.97. The number of likely N-dealkylation sites (tertiary alicyclic amines) is 1. The molecule has 0 aromatic carbocycles. The first kappa shape index (κ1) is 14.0. The first-order valence-corrected chi connectivity index (χ1v) is 7.98. The summed E-state index contributed by atoms with van der Waals surface area (Å²) in [5.41, 5.74) is 0. The van der Waals surface area contributed by atoms with Crippen LogP contribution >= 0.6 is 27.3 Å². The number of hydrogen-bond acceptors (Lipinski definition) is 3. The number of halogens is 1. The zero-order valence-electron chi connectivity index (χ0n) is 10.6. The third-order valence-electron chi connectivity index (χ3n) is 3.47. The zero-order chi connectivity index (χ0) is 13.0. The number of amides is 1. The van der Waals surface area contributed by atoms with E-state index in [9.17, 15) is 4.79 Å². The van der Waals surface area contributed by atoms with Crippen LogP contribution in [0, 0.1) is 5.92 Å². The van der Waals surface area contributed by atoms with Crippen molar-refractivity contribution in [2.24, 2.45) is 5.92 Å². The Bertz CT molecular complexity index is 399. The van der Waals surface area contributed by atoms with Gasteiger partial charge in [-0.15, -0.1) is 11.3 Å². The second kappa shape index (κ2) is 6.68. The van der Waals surface area contributed by atoms with Gasteiger partial charge in [0.1, 0.15) is 0 Å². The molecular weight excluding hydrogens is 312 g/mol. The number of nitrogens with zero attached hydrogens (tertiary/aromatic N) is 1.